The molecule has 2 unspecified atom stereocenters. The maximum absolute atomic E-state index is 6.06. The largest absolute Gasteiger partial charge is 0.369 e. The molecule has 1 heterocycles. The molecule has 2 aromatic carbocycles. The fraction of sp³-hybridized carbons (Fsp3) is 0.333. The Morgan fingerprint density at radius 3 is 2.71 bits per heavy atom. The molecule has 2 aromatic rings. The van der Waals surface area contributed by atoms with Crippen LogP contribution in [0.5, 0.6) is 0 Å². The molecule has 17 heavy (non-hydrogen) atoms. The first-order chi connectivity index (χ1) is 8.38. The van der Waals surface area contributed by atoms with Crippen LogP contribution >= 0.6 is 15.9 Å². The number of rotatable bonds is 2. The van der Waals surface area contributed by atoms with Crippen molar-refractivity contribution in [3.63, 3.8) is 0 Å². The molecule has 1 aliphatic rings. The molecule has 0 amide bonds. The van der Waals surface area contributed by atoms with Crippen molar-refractivity contribution in [3.8, 4) is 0 Å². The predicted molar refractivity (Wildman–Crippen MR) is 74.6 cm³/mol. The molecule has 0 aromatic heterocycles. The van der Waals surface area contributed by atoms with Gasteiger partial charge < -0.3 is 4.74 Å². The lowest BCUT2D eigenvalue weighted by atomic mass is 9.99. The van der Waals surface area contributed by atoms with Gasteiger partial charge in [0.05, 0.1) is 12.2 Å². The minimum atomic E-state index is 0.267. The Bertz CT molecular complexity index is 518. The summed E-state index contributed by atoms with van der Waals surface area (Å²) < 4.78 is 6.06. The smallest absolute Gasteiger partial charge is 0.0836 e. The molecule has 0 spiro atoms. The Hall–Kier alpha value is -0.860. The van der Waals surface area contributed by atoms with E-state index in [-0.39, 0.29) is 6.10 Å². The van der Waals surface area contributed by atoms with Gasteiger partial charge in [0.2, 0.25) is 0 Å². The van der Waals surface area contributed by atoms with Crippen molar-refractivity contribution in [3.05, 3.63) is 48.0 Å². The number of halogens is 1. The Morgan fingerprint density at radius 1 is 1.06 bits per heavy atom. The van der Waals surface area contributed by atoms with Gasteiger partial charge >= 0.3 is 0 Å². The zero-order valence-corrected chi connectivity index (χ0v) is 11.2. The van der Waals surface area contributed by atoms with E-state index in [1.807, 2.05) is 0 Å². The molecule has 0 bridgehead atoms. The highest BCUT2D eigenvalue weighted by Crippen LogP contribution is 2.36. The van der Waals surface area contributed by atoms with E-state index in [1.54, 1.807) is 0 Å². The van der Waals surface area contributed by atoms with Gasteiger partial charge in [-0.05, 0) is 29.2 Å². The summed E-state index contributed by atoms with van der Waals surface area (Å²) in [6, 6.07) is 15.0. The summed E-state index contributed by atoms with van der Waals surface area (Å²) >= 11 is 3.50. The maximum atomic E-state index is 6.06. The van der Waals surface area contributed by atoms with Crippen molar-refractivity contribution < 1.29 is 4.74 Å². The molecular weight excluding hydrogens is 276 g/mol. The molecule has 0 aliphatic carbocycles. The number of fused-ring (bicyclic) bond motifs is 1. The normalized spacial score (nSPS) is 24.3. The third-order valence-corrected chi connectivity index (χ3v) is 4.17. The molecule has 88 valence electrons. The van der Waals surface area contributed by atoms with E-state index in [9.17, 15) is 0 Å². The van der Waals surface area contributed by atoms with Gasteiger partial charge in [-0.15, -0.1) is 0 Å². The number of benzene rings is 2. The van der Waals surface area contributed by atoms with Gasteiger partial charge in [-0.25, -0.2) is 0 Å². The lowest BCUT2D eigenvalue weighted by Crippen LogP contribution is -2.07. The van der Waals surface area contributed by atoms with Crippen LogP contribution in [-0.2, 0) is 4.74 Å². The molecular formula is C15H15BrO. The summed E-state index contributed by atoms with van der Waals surface area (Å²) in [6.07, 6.45) is 2.92. The van der Waals surface area contributed by atoms with Gasteiger partial charge in [0, 0.05) is 5.33 Å². The SMILES string of the molecule is BrCC1CCC(c2cccc3ccccc23)O1. The summed E-state index contributed by atoms with van der Waals surface area (Å²) in [5.74, 6) is 0. The van der Waals surface area contributed by atoms with Crippen molar-refractivity contribution in [2.45, 2.75) is 25.0 Å². The molecule has 1 aliphatic heterocycles. The van der Waals surface area contributed by atoms with Crippen LogP contribution in [0, 0.1) is 0 Å². The first-order valence-electron chi connectivity index (χ1n) is 6.07. The lowest BCUT2D eigenvalue weighted by molar-refractivity contribution is 0.0597. The third kappa shape index (κ3) is 2.12. The predicted octanol–water partition coefficient (Wildman–Crippen LogP) is 4.45. The quantitative estimate of drug-likeness (QED) is 0.742. The van der Waals surface area contributed by atoms with Crippen molar-refractivity contribution in [1.82, 2.24) is 0 Å². The first kappa shape index (κ1) is 11.2. The van der Waals surface area contributed by atoms with E-state index in [0.717, 1.165) is 18.2 Å². The Kier molecular flexibility index (Phi) is 3.17. The van der Waals surface area contributed by atoms with E-state index >= 15 is 0 Å². The van der Waals surface area contributed by atoms with Gasteiger partial charge in [-0.1, -0.05) is 58.4 Å². The minimum Gasteiger partial charge on any atom is -0.369 e. The molecule has 2 heteroatoms. The summed E-state index contributed by atoms with van der Waals surface area (Å²) in [5, 5.41) is 3.57. The second-order valence-electron chi connectivity index (χ2n) is 4.55. The Balaban J connectivity index is 2.00. The number of hydrogen-bond acceptors (Lipinski definition) is 1. The van der Waals surface area contributed by atoms with Gasteiger partial charge in [0.25, 0.3) is 0 Å². The lowest BCUT2D eigenvalue weighted by Gasteiger charge is -2.14. The van der Waals surface area contributed by atoms with Crippen LogP contribution in [0.25, 0.3) is 10.8 Å². The van der Waals surface area contributed by atoms with E-state index in [2.05, 4.69) is 58.4 Å². The molecule has 0 N–H and O–H groups in total. The Morgan fingerprint density at radius 2 is 1.88 bits per heavy atom. The fourth-order valence-electron chi connectivity index (χ4n) is 2.58. The highest BCUT2D eigenvalue weighted by atomic mass is 79.9. The molecule has 1 saturated heterocycles. The highest BCUT2D eigenvalue weighted by Gasteiger charge is 2.26. The van der Waals surface area contributed by atoms with Gasteiger partial charge in [-0.3, -0.25) is 0 Å². The number of ether oxygens (including phenoxy) is 1. The van der Waals surface area contributed by atoms with Crippen LogP contribution in [-0.4, -0.2) is 11.4 Å². The fourth-order valence-corrected chi connectivity index (χ4v) is 3.06. The highest BCUT2D eigenvalue weighted by molar-refractivity contribution is 9.09. The summed E-state index contributed by atoms with van der Waals surface area (Å²) in [7, 11) is 0. The standard InChI is InChI=1S/C15H15BrO/c16-10-12-8-9-15(17-12)14-7-3-5-11-4-1-2-6-13(11)14/h1-7,12,15H,8-10H2. The van der Waals surface area contributed by atoms with Crippen LogP contribution in [0.4, 0.5) is 0 Å². The van der Waals surface area contributed by atoms with Crippen molar-refractivity contribution in [2.24, 2.45) is 0 Å². The average molecular weight is 291 g/mol. The molecule has 2 atom stereocenters. The van der Waals surface area contributed by atoms with Crippen molar-refractivity contribution in [2.75, 3.05) is 5.33 Å². The molecule has 1 nitrogen and oxygen atoms in total. The first-order valence-corrected chi connectivity index (χ1v) is 7.19. The van der Waals surface area contributed by atoms with Crippen LogP contribution in [0.3, 0.4) is 0 Å². The Labute approximate surface area is 110 Å². The summed E-state index contributed by atoms with van der Waals surface area (Å²) in [6.45, 7) is 0. The van der Waals surface area contributed by atoms with E-state index in [1.165, 1.54) is 16.3 Å². The van der Waals surface area contributed by atoms with Crippen LogP contribution in [0.15, 0.2) is 42.5 Å². The zero-order valence-electron chi connectivity index (χ0n) is 9.60. The number of alkyl halides is 1. The van der Waals surface area contributed by atoms with Crippen LogP contribution < -0.4 is 0 Å². The molecule has 3 rings (SSSR count). The van der Waals surface area contributed by atoms with Gasteiger partial charge in [0.15, 0.2) is 0 Å². The third-order valence-electron chi connectivity index (χ3n) is 3.45. The van der Waals surface area contributed by atoms with E-state index < -0.39 is 0 Å². The van der Waals surface area contributed by atoms with Gasteiger partial charge in [-0.2, -0.15) is 0 Å². The topological polar surface area (TPSA) is 9.23 Å². The van der Waals surface area contributed by atoms with Crippen LogP contribution in [0.1, 0.15) is 24.5 Å². The molecule has 0 radical (unpaired) electrons. The summed E-state index contributed by atoms with van der Waals surface area (Å²) in [5.41, 5.74) is 1.34. The second-order valence-corrected chi connectivity index (χ2v) is 5.19. The van der Waals surface area contributed by atoms with E-state index in [4.69, 9.17) is 4.74 Å². The van der Waals surface area contributed by atoms with Crippen LogP contribution in [0.2, 0.25) is 0 Å². The monoisotopic (exact) mass is 290 g/mol. The van der Waals surface area contributed by atoms with Gasteiger partial charge in [0.1, 0.15) is 0 Å². The zero-order chi connectivity index (χ0) is 11.7. The maximum Gasteiger partial charge on any atom is 0.0836 e. The summed E-state index contributed by atoms with van der Waals surface area (Å²) in [4.78, 5) is 0. The molecule has 0 saturated carbocycles. The van der Waals surface area contributed by atoms with Crippen molar-refractivity contribution in [1.29, 1.82) is 0 Å². The van der Waals surface area contributed by atoms with E-state index in [0.29, 0.717) is 6.10 Å². The second kappa shape index (κ2) is 4.79. The molecule has 1 fully saturated rings. The average Bonchev–Trinajstić information content (AvgIpc) is 2.87. The number of hydrogen-bond donors (Lipinski definition) is 0. The van der Waals surface area contributed by atoms with Crippen molar-refractivity contribution >= 4 is 26.7 Å². The minimum absolute atomic E-state index is 0.267.